The maximum absolute atomic E-state index is 11.5. The summed E-state index contributed by atoms with van der Waals surface area (Å²) in [5.74, 6) is -0.446. The van der Waals surface area contributed by atoms with Crippen LogP contribution < -0.4 is 0 Å². The van der Waals surface area contributed by atoms with Crippen molar-refractivity contribution in [3.05, 3.63) is 23.2 Å². The number of furan rings is 1. The Labute approximate surface area is 110 Å². The Balaban J connectivity index is 2.91. The number of esters is 1. The number of rotatable bonds is 6. The zero-order valence-corrected chi connectivity index (χ0v) is 10.7. The number of hydrogen-bond acceptors (Lipinski definition) is 7. The van der Waals surface area contributed by atoms with Gasteiger partial charge in [0, 0.05) is 0 Å². The molecule has 0 aliphatic rings. The Morgan fingerprint density at radius 1 is 1.42 bits per heavy atom. The van der Waals surface area contributed by atoms with Gasteiger partial charge in [-0.25, -0.2) is 4.79 Å². The van der Waals surface area contributed by atoms with Crippen LogP contribution in [0.5, 0.6) is 0 Å². The Morgan fingerprint density at radius 3 is 2.58 bits per heavy atom. The van der Waals surface area contributed by atoms with Gasteiger partial charge in [-0.15, -0.1) is 0 Å². The predicted molar refractivity (Wildman–Crippen MR) is 63.5 cm³/mol. The summed E-state index contributed by atoms with van der Waals surface area (Å²) in [6, 6.07) is 1.24. The van der Waals surface area contributed by atoms with Crippen molar-refractivity contribution in [1.82, 2.24) is 0 Å². The van der Waals surface area contributed by atoms with Gasteiger partial charge in [-0.3, -0.25) is 0 Å². The number of carbonyl (C=O) groups is 1. The fraction of sp³-hybridized carbons (Fsp3) is 0.583. The molecule has 19 heavy (non-hydrogen) atoms. The van der Waals surface area contributed by atoms with Crippen molar-refractivity contribution in [2.45, 2.75) is 32.2 Å². The third kappa shape index (κ3) is 3.54. The first-order valence-corrected chi connectivity index (χ1v) is 5.84. The monoisotopic (exact) mass is 274 g/mol. The molecule has 1 aromatic heterocycles. The molecule has 0 saturated heterocycles. The highest BCUT2D eigenvalue weighted by Gasteiger charge is 2.29. The second-order valence-corrected chi connectivity index (χ2v) is 4.02. The normalized spacial score (nSPS) is 15.9. The molecule has 1 heterocycles. The molecule has 0 saturated carbocycles. The molecule has 7 nitrogen and oxygen atoms in total. The molecule has 0 radical (unpaired) electrons. The Hall–Kier alpha value is -1.41. The molecule has 0 fully saturated rings. The topological polar surface area (TPSA) is 120 Å². The molecule has 0 unspecified atom stereocenters. The van der Waals surface area contributed by atoms with Gasteiger partial charge in [-0.2, -0.15) is 0 Å². The summed E-state index contributed by atoms with van der Waals surface area (Å²) in [4.78, 5) is 11.5. The lowest BCUT2D eigenvalue weighted by Gasteiger charge is -2.19. The number of hydrogen-bond donors (Lipinski definition) is 4. The van der Waals surface area contributed by atoms with Crippen LogP contribution in [0.2, 0.25) is 0 Å². The summed E-state index contributed by atoms with van der Waals surface area (Å²) in [5.41, 5.74) is 0.140. The predicted octanol–water partition coefficient (Wildman–Crippen LogP) is -0.488. The van der Waals surface area contributed by atoms with Gasteiger partial charge in [-0.05, 0) is 19.9 Å². The van der Waals surface area contributed by atoms with Gasteiger partial charge in [-0.1, -0.05) is 0 Å². The van der Waals surface area contributed by atoms with Gasteiger partial charge in [0.25, 0.3) is 0 Å². The number of ether oxygens (including phenoxy) is 1. The van der Waals surface area contributed by atoms with Crippen molar-refractivity contribution in [2.24, 2.45) is 0 Å². The first-order valence-electron chi connectivity index (χ1n) is 5.84. The lowest BCUT2D eigenvalue weighted by molar-refractivity contribution is -0.0837. The van der Waals surface area contributed by atoms with Crippen LogP contribution in [0.15, 0.2) is 10.5 Å². The van der Waals surface area contributed by atoms with Gasteiger partial charge in [0.2, 0.25) is 0 Å². The average Bonchev–Trinajstić information content (AvgIpc) is 2.78. The van der Waals surface area contributed by atoms with Crippen molar-refractivity contribution >= 4 is 5.97 Å². The minimum absolute atomic E-state index is 0.0828. The minimum Gasteiger partial charge on any atom is -0.463 e. The summed E-state index contributed by atoms with van der Waals surface area (Å²) in [6.07, 6.45) is -4.68. The van der Waals surface area contributed by atoms with Gasteiger partial charge in [0.15, 0.2) is 0 Å². The van der Waals surface area contributed by atoms with Crippen LogP contribution >= 0.6 is 0 Å². The standard InChI is InChI=1S/C12H18O7/c1-3-18-12(17)7-4-9(19-6(7)2)11(16)10(15)8(14)5-13/h4,8,10-11,13-16H,3,5H2,1-2H3/t8-,10+,11+/m1/s1. The van der Waals surface area contributed by atoms with E-state index in [-0.39, 0.29) is 23.7 Å². The summed E-state index contributed by atoms with van der Waals surface area (Å²) in [7, 11) is 0. The fourth-order valence-corrected chi connectivity index (χ4v) is 1.55. The summed E-state index contributed by atoms with van der Waals surface area (Å²) in [6.45, 7) is 2.66. The molecule has 0 aliphatic carbocycles. The highest BCUT2D eigenvalue weighted by atomic mass is 16.5. The van der Waals surface area contributed by atoms with Crippen LogP contribution in [-0.2, 0) is 4.74 Å². The van der Waals surface area contributed by atoms with Crippen LogP contribution in [0.25, 0.3) is 0 Å². The SMILES string of the molecule is CCOC(=O)c1cc([C@H](O)[C@@H](O)[C@H](O)CO)oc1C. The molecule has 3 atom stereocenters. The average molecular weight is 274 g/mol. The molecular weight excluding hydrogens is 256 g/mol. The van der Waals surface area contributed by atoms with E-state index in [1.807, 2.05) is 0 Å². The lowest BCUT2D eigenvalue weighted by Crippen LogP contribution is -2.34. The Kier molecular flexibility index (Phi) is 5.49. The van der Waals surface area contributed by atoms with E-state index in [4.69, 9.17) is 14.3 Å². The van der Waals surface area contributed by atoms with E-state index in [1.54, 1.807) is 6.92 Å². The van der Waals surface area contributed by atoms with Crippen LogP contribution in [0.3, 0.4) is 0 Å². The number of aliphatic hydroxyl groups excluding tert-OH is 4. The molecule has 7 heteroatoms. The molecule has 0 bridgehead atoms. The molecule has 4 N–H and O–H groups in total. The Morgan fingerprint density at radius 2 is 2.05 bits per heavy atom. The van der Waals surface area contributed by atoms with Crippen molar-refractivity contribution in [2.75, 3.05) is 13.2 Å². The molecule has 0 amide bonds. The van der Waals surface area contributed by atoms with E-state index >= 15 is 0 Å². The van der Waals surface area contributed by atoms with Gasteiger partial charge < -0.3 is 29.6 Å². The zero-order chi connectivity index (χ0) is 14.6. The van der Waals surface area contributed by atoms with E-state index in [1.165, 1.54) is 13.0 Å². The van der Waals surface area contributed by atoms with Gasteiger partial charge in [0.1, 0.15) is 35.4 Å². The maximum Gasteiger partial charge on any atom is 0.341 e. The second-order valence-electron chi connectivity index (χ2n) is 4.02. The first kappa shape index (κ1) is 15.6. The molecular formula is C12H18O7. The lowest BCUT2D eigenvalue weighted by atomic mass is 10.1. The van der Waals surface area contributed by atoms with Crippen LogP contribution in [-0.4, -0.2) is 51.8 Å². The molecule has 0 aromatic carbocycles. The third-order valence-electron chi connectivity index (χ3n) is 2.63. The number of aliphatic hydroxyl groups is 4. The Bertz CT molecular complexity index is 426. The molecule has 1 aromatic rings. The van der Waals surface area contributed by atoms with Crippen molar-refractivity contribution in [3.63, 3.8) is 0 Å². The largest absolute Gasteiger partial charge is 0.463 e. The number of carbonyl (C=O) groups excluding carboxylic acids is 1. The van der Waals surface area contributed by atoms with Gasteiger partial charge in [0.05, 0.1) is 13.2 Å². The van der Waals surface area contributed by atoms with Gasteiger partial charge >= 0.3 is 5.97 Å². The third-order valence-corrected chi connectivity index (χ3v) is 2.63. The second kappa shape index (κ2) is 6.67. The molecule has 0 aliphatic heterocycles. The first-order chi connectivity index (χ1) is 8.92. The van der Waals surface area contributed by atoms with Crippen molar-refractivity contribution in [3.8, 4) is 0 Å². The van der Waals surface area contributed by atoms with E-state index in [0.717, 1.165) is 0 Å². The highest BCUT2D eigenvalue weighted by molar-refractivity contribution is 5.90. The van der Waals surface area contributed by atoms with Crippen molar-refractivity contribution < 1.29 is 34.4 Å². The smallest absolute Gasteiger partial charge is 0.341 e. The summed E-state index contributed by atoms with van der Waals surface area (Å²) >= 11 is 0. The fourth-order valence-electron chi connectivity index (χ4n) is 1.55. The summed E-state index contributed by atoms with van der Waals surface area (Å²) in [5, 5.41) is 37.2. The van der Waals surface area contributed by atoms with E-state index in [0.29, 0.717) is 0 Å². The minimum atomic E-state index is -1.62. The maximum atomic E-state index is 11.5. The van der Waals surface area contributed by atoms with E-state index < -0.39 is 30.9 Å². The molecule has 108 valence electrons. The quantitative estimate of drug-likeness (QED) is 0.517. The number of aryl methyl sites for hydroxylation is 1. The molecule has 0 spiro atoms. The molecule has 1 rings (SSSR count). The zero-order valence-electron chi connectivity index (χ0n) is 10.7. The van der Waals surface area contributed by atoms with E-state index in [2.05, 4.69) is 0 Å². The van der Waals surface area contributed by atoms with Crippen LogP contribution in [0, 0.1) is 6.92 Å². The van der Waals surface area contributed by atoms with Crippen LogP contribution in [0.4, 0.5) is 0 Å². The highest BCUT2D eigenvalue weighted by Crippen LogP contribution is 2.25. The van der Waals surface area contributed by atoms with E-state index in [9.17, 15) is 20.1 Å². The summed E-state index contributed by atoms with van der Waals surface area (Å²) < 4.78 is 9.95. The van der Waals surface area contributed by atoms with Crippen molar-refractivity contribution in [1.29, 1.82) is 0 Å². The van der Waals surface area contributed by atoms with Crippen LogP contribution in [0.1, 0.15) is 34.9 Å².